The van der Waals surface area contributed by atoms with E-state index in [4.69, 9.17) is 16.6 Å². The molecule has 0 N–H and O–H groups in total. The van der Waals surface area contributed by atoms with Crippen LogP contribution in [0.15, 0.2) is 67.0 Å². The average Bonchev–Trinajstić information content (AvgIpc) is 2.76. The largest absolute Gasteiger partial charge is 0.342 e. The molecule has 3 heterocycles. The summed E-state index contributed by atoms with van der Waals surface area (Å²) >= 11 is 6.31. The minimum Gasteiger partial charge on any atom is -0.342 e. The van der Waals surface area contributed by atoms with Gasteiger partial charge in [0.1, 0.15) is 0 Å². The summed E-state index contributed by atoms with van der Waals surface area (Å²) in [4.78, 5) is 23.7. The fourth-order valence-corrected chi connectivity index (χ4v) is 4.10. The zero-order valence-electron chi connectivity index (χ0n) is 16.3. The van der Waals surface area contributed by atoms with E-state index in [-0.39, 0.29) is 11.8 Å². The molecule has 4 rings (SSSR count). The molecule has 0 saturated carbocycles. The molecule has 0 aliphatic carbocycles. The summed E-state index contributed by atoms with van der Waals surface area (Å²) in [5, 5.41) is 0.768. The highest BCUT2D eigenvalue weighted by Gasteiger charge is 2.25. The minimum atomic E-state index is 0.162. The molecule has 3 aromatic rings. The minimum absolute atomic E-state index is 0.162. The van der Waals surface area contributed by atoms with Crippen LogP contribution in [0.3, 0.4) is 0 Å². The van der Waals surface area contributed by atoms with E-state index in [0.29, 0.717) is 12.8 Å². The van der Waals surface area contributed by atoms with Gasteiger partial charge in [0.2, 0.25) is 5.91 Å². The van der Waals surface area contributed by atoms with Crippen LogP contribution in [-0.4, -0.2) is 33.9 Å². The van der Waals surface area contributed by atoms with Crippen molar-refractivity contribution in [3.63, 3.8) is 0 Å². The number of carbonyl (C=O) groups is 1. The standard InChI is InChI=1S/C24H24ClN3O/c25-22-10-2-1-7-19(22)15-21-9-3-11-23(27-21)20-8-5-13-28(17-20)24(29)14-18-6-4-12-26-16-18/h1-4,6-7,9-12,16,20H,5,8,13-15,17H2/t20-/m1/s1. The Hall–Kier alpha value is -2.72. The Morgan fingerprint density at radius 1 is 1.10 bits per heavy atom. The van der Waals surface area contributed by atoms with E-state index in [1.54, 1.807) is 12.4 Å². The third kappa shape index (κ3) is 5.01. The Morgan fingerprint density at radius 2 is 2.00 bits per heavy atom. The maximum Gasteiger partial charge on any atom is 0.227 e. The summed E-state index contributed by atoms with van der Waals surface area (Å²) in [6, 6.07) is 17.9. The van der Waals surface area contributed by atoms with Crippen molar-refractivity contribution in [2.45, 2.75) is 31.6 Å². The maximum absolute atomic E-state index is 12.8. The molecule has 1 saturated heterocycles. The quantitative estimate of drug-likeness (QED) is 0.619. The molecule has 1 amide bonds. The molecule has 148 valence electrons. The number of aromatic nitrogens is 2. The van der Waals surface area contributed by atoms with Crippen LogP contribution in [0.4, 0.5) is 0 Å². The van der Waals surface area contributed by atoms with Gasteiger partial charge in [-0.15, -0.1) is 0 Å². The van der Waals surface area contributed by atoms with Gasteiger partial charge in [0.05, 0.1) is 6.42 Å². The average molecular weight is 406 g/mol. The zero-order valence-corrected chi connectivity index (χ0v) is 17.1. The van der Waals surface area contributed by atoms with Gasteiger partial charge in [-0.25, -0.2) is 0 Å². The van der Waals surface area contributed by atoms with Crippen LogP contribution < -0.4 is 0 Å². The van der Waals surface area contributed by atoms with Crippen LogP contribution >= 0.6 is 11.6 Å². The van der Waals surface area contributed by atoms with Crippen molar-refractivity contribution in [2.24, 2.45) is 0 Å². The van der Waals surface area contributed by atoms with Gasteiger partial charge in [-0.2, -0.15) is 0 Å². The van der Waals surface area contributed by atoms with Crippen LogP contribution in [0.1, 0.15) is 41.3 Å². The second kappa shape index (κ2) is 9.19. The number of hydrogen-bond donors (Lipinski definition) is 0. The Labute approximate surface area is 176 Å². The first-order valence-corrected chi connectivity index (χ1v) is 10.4. The summed E-state index contributed by atoms with van der Waals surface area (Å²) < 4.78 is 0. The van der Waals surface area contributed by atoms with Gasteiger partial charge in [0.25, 0.3) is 0 Å². The molecule has 0 spiro atoms. The predicted octanol–water partition coefficient (Wildman–Crippen LogP) is 4.67. The number of nitrogens with zero attached hydrogens (tertiary/aromatic N) is 3. The van der Waals surface area contributed by atoms with E-state index >= 15 is 0 Å². The van der Waals surface area contributed by atoms with Gasteiger partial charge in [0, 0.05) is 54.2 Å². The van der Waals surface area contributed by atoms with Gasteiger partial charge in [-0.05, 0) is 48.2 Å². The van der Waals surface area contributed by atoms with Crippen LogP contribution in [0.5, 0.6) is 0 Å². The van der Waals surface area contributed by atoms with Crippen molar-refractivity contribution in [1.29, 1.82) is 0 Å². The number of halogens is 1. The fraction of sp³-hybridized carbons (Fsp3) is 0.292. The molecule has 29 heavy (non-hydrogen) atoms. The zero-order chi connectivity index (χ0) is 20.1. The van der Waals surface area contributed by atoms with Gasteiger partial charge in [0.15, 0.2) is 0 Å². The molecule has 1 aliphatic heterocycles. The lowest BCUT2D eigenvalue weighted by Crippen LogP contribution is -2.40. The van der Waals surface area contributed by atoms with Gasteiger partial charge < -0.3 is 4.90 Å². The van der Waals surface area contributed by atoms with Gasteiger partial charge in [-0.3, -0.25) is 14.8 Å². The van der Waals surface area contributed by atoms with Crippen LogP contribution in [0, 0.1) is 0 Å². The Balaban J connectivity index is 1.44. The lowest BCUT2D eigenvalue weighted by atomic mass is 9.93. The summed E-state index contributed by atoms with van der Waals surface area (Å²) in [6.07, 6.45) is 6.66. The molecule has 1 atom stereocenters. The molecular formula is C24H24ClN3O. The molecule has 1 fully saturated rings. The van der Waals surface area contributed by atoms with E-state index in [1.165, 1.54) is 0 Å². The van der Waals surface area contributed by atoms with Gasteiger partial charge >= 0.3 is 0 Å². The molecule has 0 unspecified atom stereocenters. The van der Waals surface area contributed by atoms with Crippen molar-refractivity contribution < 1.29 is 4.79 Å². The van der Waals surface area contributed by atoms with E-state index in [0.717, 1.165) is 53.5 Å². The first kappa shape index (κ1) is 19.6. The number of hydrogen-bond acceptors (Lipinski definition) is 3. The smallest absolute Gasteiger partial charge is 0.227 e. The highest BCUT2D eigenvalue weighted by atomic mass is 35.5. The number of benzene rings is 1. The van der Waals surface area contributed by atoms with Crippen LogP contribution in [-0.2, 0) is 17.6 Å². The molecule has 1 aromatic carbocycles. The summed E-state index contributed by atoms with van der Waals surface area (Å²) in [5.41, 5.74) is 4.11. The number of rotatable bonds is 5. The Bertz CT molecular complexity index is 977. The van der Waals surface area contributed by atoms with Crippen LogP contribution in [0.2, 0.25) is 5.02 Å². The van der Waals surface area contributed by atoms with E-state index in [1.807, 2.05) is 47.4 Å². The fourth-order valence-electron chi connectivity index (χ4n) is 3.90. The molecule has 4 nitrogen and oxygen atoms in total. The molecular weight excluding hydrogens is 382 g/mol. The number of carbonyl (C=O) groups excluding carboxylic acids is 1. The summed E-state index contributed by atoms with van der Waals surface area (Å²) in [6.45, 7) is 1.54. The number of amides is 1. The topological polar surface area (TPSA) is 46.1 Å². The first-order chi connectivity index (χ1) is 14.2. The Kier molecular flexibility index (Phi) is 6.20. The van der Waals surface area contributed by atoms with Crippen molar-refractivity contribution >= 4 is 17.5 Å². The van der Waals surface area contributed by atoms with Crippen molar-refractivity contribution in [1.82, 2.24) is 14.9 Å². The van der Waals surface area contributed by atoms with Gasteiger partial charge in [-0.1, -0.05) is 41.9 Å². The lowest BCUT2D eigenvalue weighted by molar-refractivity contribution is -0.131. The number of pyridine rings is 2. The molecule has 1 aliphatic rings. The third-order valence-electron chi connectivity index (χ3n) is 5.43. The SMILES string of the molecule is O=C(Cc1cccnc1)N1CCC[C@@H](c2cccc(Cc3ccccc3Cl)n2)C1. The Morgan fingerprint density at radius 3 is 2.83 bits per heavy atom. The second-order valence-corrected chi connectivity index (χ2v) is 7.95. The molecule has 0 bridgehead atoms. The highest BCUT2D eigenvalue weighted by molar-refractivity contribution is 6.31. The third-order valence-corrected chi connectivity index (χ3v) is 5.80. The van der Waals surface area contributed by atoms with Crippen molar-refractivity contribution in [3.05, 3.63) is 94.5 Å². The number of likely N-dealkylation sites (tertiary alicyclic amines) is 1. The highest BCUT2D eigenvalue weighted by Crippen LogP contribution is 2.27. The molecule has 5 heteroatoms. The molecule has 0 radical (unpaired) electrons. The summed E-state index contributed by atoms with van der Waals surface area (Å²) in [7, 11) is 0. The first-order valence-electron chi connectivity index (χ1n) is 10.0. The lowest BCUT2D eigenvalue weighted by Gasteiger charge is -2.32. The van der Waals surface area contributed by atoms with E-state index in [2.05, 4.69) is 17.1 Å². The van der Waals surface area contributed by atoms with Crippen LogP contribution in [0.25, 0.3) is 0 Å². The van der Waals surface area contributed by atoms with E-state index in [9.17, 15) is 4.79 Å². The second-order valence-electron chi connectivity index (χ2n) is 7.54. The maximum atomic E-state index is 12.8. The van der Waals surface area contributed by atoms with E-state index < -0.39 is 0 Å². The van der Waals surface area contributed by atoms with Crippen molar-refractivity contribution in [3.8, 4) is 0 Å². The number of piperidine rings is 1. The predicted molar refractivity (Wildman–Crippen MR) is 115 cm³/mol. The van der Waals surface area contributed by atoms with Crippen molar-refractivity contribution in [2.75, 3.05) is 13.1 Å². The summed E-state index contributed by atoms with van der Waals surface area (Å²) in [5.74, 6) is 0.433. The molecule has 2 aromatic heterocycles. The monoisotopic (exact) mass is 405 g/mol. The normalized spacial score (nSPS) is 16.6.